The molecular weight excluding hydrogens is 694 g/mol. The van der Waals surface area contributed by atoms with Crippen molar-refractivity contribution in [2.75, 3.05) is 43.0 Å². The van der Waals surface area contributed by atoms with Crippen LogP contribution < -0.4 is 20.9 Å². The Balaban J connectivity index is 1.65. The first-order valence-corrected chi connectivity index (χ1v) is 18.6. The maximum absolute atomic E-state index is 13.9. The highest BCUT2D eigenvalue weighted by atomic mass is 16.6. The minimum absolute atomic E-state index is 0.0328. The Labute approximate surface area is 318 Å². The summed E-state index contributed by atoms with van der Waals surface area (Å²) >= 11 is 0. The molecule has 3 rings (SSSR count). The smallest absolute Gasteiger partial charge is 0.407 e. The van der Waals surface area contributed by atoms with Gasteiger partial charge in [0.15, 0.2) is 0 Å². The predicted octanol–water partition coefficient (Wildman–Crippen LogP) is 6.11. The summed E-state index contributed by atoms with van der Waals surface area (Å²) in [7, 11) is 0. The number of nitrogens with zero attached hydrogens (tertiary/aromatic N) is 2. The van der Waals surface area contributed by atoms with Crippen molar-refractivity contribution in [3.05, 3.63) is 59.2 Å². The Kier molecular flexibility index (Phi) is 16.3. The van der Waals surface area contributed by atoms with Crippen LogP contribution in [-0.4, -0.2) is 84.8 Å². The summed E-state index contributed by atoms with van der Waals surface area (Å²) < 4.78 is 15.5. The van der Waals surface area contributed by atoms with Crippen molar-refractivity contribution < 1.29 is 43.0 Å². The Morgan fingerprint density at radius 3 is 2.00 bits per heavy atom. The van der Waals surface area contributed by atoms with Crippen LogP contribution in [0.25, 0.3) is 0 Å². The third-order valence-corrected chi connectivity index (χ3v) is 8.05. The highest BCUT2D eigenvalue weighted by Crippen LogP contribution is 2.30. The molecule has 0 aromatic heterocycles. The molecule has 0 atom stereocenters. The minimum atomic E-state index is -0.636. The fourth-order valence-corrected chi connectivity index (χ4v) is 5.59. The third kappa shape index (κ3) is 15.5. The zero-order valence-electron chi connectivity index (χ0n) is 32.8. The molecule has 0 unspecified atom stereocenters. The molecule has 2 aromatic carbocycles. The van der Waals surface area contributed by atoms with Crippen LogP contribution in [0.3, 0.4) is 0 Å². The van der Waals surface area contributed by atoms with Crippen LogP contribution in [0.2, 0.25) is 0 Å². The van der Waals surface area contributed by atoms with E-state index in [2.05, 4.69) is 16.0 Å². The van der Waals surface area contributed by atoms with Gasteiger partial charge in [-0.3, -0.25) is 19.2 Å². The first kappa shape index (κ1) is 43.3. The van der Waals surface area contributed by atoms with Crippen LogP contribution in [-0.2, 0) is 41.6 Å². The van der Waals surface area contributed by atoms with Crippen LogP contribution in [0.15, 0.2) is 42.5 Å². The number of anilines is 2. The standard InChI is InChI=1S/C40H57N5O9/c1-8-52-35(48)21-24-44-27-34(47)45(26-29-14-17-30(18-15-29)43-33(46)20-23-42-38(51)54-40(5,6)7)32-19-16-28(25-31(32)36(44)49)13-11-9-10-12-22-41-37(50)53-39(2,3)4/h14-19,25H,8-13,20-24,26-27H2,1-7H3,(H,41,50)(H,42,51)(H,43,46). The maximum Gasteiger partial charge on any atom is 0.407 e. The number of nitrogens with one attached hydrogen (secondary N) is 3. The van der Waals surface area contributed by atoms with E-state index >= 15 is 0 Å². The molecule has 14 heteroatoms. The summed E-state index contributed by atoms with van der Waals surface area (Å²) in [6, 6.07) is 12.6. The Hall–Kier alpha value is -5.14. The lowest BCUT2D eigenvalue weighted by atomic mass is 10.0. The van der Waals surface area contributed by atoms with Crippen LogP contribution >= 0.6 is 0 Å². The molecule has 5 amide bonds. The predicted molar refractivity (Wildman–Crippen MR) is 205 cm³/mol. The highest BCUT2D eigenvalue weighted by molar-refractivity contribution is 6.09. The van der Waals surface area contributed by atoms with E-state index in [4.69, 9.17) is 14.2 Å². The van der Waals surface area contributed by atoms with Gasteiger partial charge in [-0.15, -0.1) is 0 Å². The number of ether oxygens (including phenoxy) is 3. The molecule has 0 fully saturated rings. The summed E-state index contributed by atoms with van der Waals surface area (Å²) in [5, 5.41) is 8.13. The van der Waals surface area contributed by atoms with E-state index in [1.807, 2.05) is 32.9 Å². The average molecular weight is 752 g/mol. The van der Waals surface area contributed by atoms with Crippen LogP contribution in [0.5, 0.6) is 0 Å². The second kappa shape index (κ2) is 20.4. The molecule has 0 saturated carbocycles. The van der Waals surface area contributed by atoms with Crippen molar-refractivity contribution in [3.8, 4) is 0 Å². The topological polar surface area (TPSA) is 173 Å². The van der Waals surface area contributed by atoms with Gasteiger partial charge in [-0.05, 0) is 103 Å². The Morgan fingerprint density at radius 2 is 1.37 bits per heavy atom. The van der Waals surface area contributed by atoms with Crippen molar-refractivity contribution >= 4 is 47.3 Å². The molecule has 0 saturated heterocycles. The van der Waals surface area contributed by atoms with Gasteiger partial charge in [0.05, 0.1) is 30.8 Å². The molecule has 0 bridgehead atoms. The Bertz CT molecular complexity index is 1610. The van der Waals surface area contributed by atoms with Crippen LogP contribution in [0.1, 0.15) is 108 Å². The van der Waals surface area contributed by atoms with E-state index in [0.29, 0.717) is 23.5 Å². The summed E-state index contributed by atoms with van der Waals surface area (Å²) in [5.74, 6) is -1.36. The van der Waals surface area contributed by atoms with Crippen molar-refractivity contribution in [2.45, 2.75) is 111 Å². The van der Waals surface area contributed by atoms with Gasteiger partial charge < -0.3 is 40.0 Å². The van der Waals surface area contributed by atoms with Gasteiger partial charge in [0.2, 0.25) is 11.8 Å². The number of rotatable bonds is 17. The van der Waals surface area contributed by atoms with E-state index in [0.717, 1.165) is 43.2 Å². The molecular formula is C40H57N5O9. The lowest BCUT2D eigenvalue weighted by Crippen LogP contribution is -2.40. The number of hydrogen-bond acceptors (Lipinski definition) is 9. The molecule has 3 N–H and O–H groups in total. The first-order chi connectivity index (χ1) is 25.4. The van der Waals surface area contributed by atoms with Gasteiger partial charge in [0.25, 0.3) is 5.91 Å². The number of unbranched alkanes of at least 4 members (excludes halogenated alkanes) is 3. The molecule has 1 heterocycles. The number of aryl methyl sites for hydroxylation is 1. The summed E-state index contributed by atoms with van der Waals surface area (Å²) in [5.41, 5.74) is 1.96. The molecule has 2 aromatic rings. The number of esters is 1. The van der Waals surface area contributed by atoms with E-state index in [1.165, 1.54) is 4.90 Å². The summed E-state index contributed by atoms with van der Waals surface area (Å²) in [4.78, 5) is 78.9. The van der Waals surface area contributed by atoms with Gasteiger partial charge in [-0.2, -0.15) is 0 Å². The average Bonchev–Trinajstić information content (AvgIpc) is 3.16. The fourth-order valence-electron chi connectivity index (χ4n) is 5.59. The van der Waals surface area contributed by atoms with Crippen molar-refractivity contribution in [1.82, 2.24) is 15.5 Å². The monoisotopic (exact) mass is 751 g/mol. The van der Waals surface area contributed by atoms with Crippen molar-refractivity contribution in [3.63, 3.8) is 0 Å². The Morgan fingerprint density at radius 1 is 0.759 bits per heavy atom. The summed E-state index contributed by atoms with van der Waals surface area (Å²) in [6.45, 7) is 13.3. The fraction of sp³-hybridized carbons (Fsp3) is 0.550. The number of hydrogen-bond donors (Lipinski definition) is 3. The third-order valence-electron chi connectivity index (χ3n) is 8.05. The molecule has 0 radical (unpaired) electrons. The molecule has 0 aliphatic carbocycles. The van der Waals surface area contributed by atoms with E-state index in [1.54, 1.807) is 62.9 Å². The largest absolute Gasteiger partial charge is 0.466 e. The second-order valence-corrected chi connectivity index (χ2v) is 15.1. The van der Waals surface area contributed by atoms with Crippen molar-refractivity contribution in [2.24, 2.45) is 0 Å². The maximum atomic E-state index is 13.9. The number of fused-ring (bicyclic) bond motifs is 1. The number of amides is 5. The number of benzene rings is 2. The van der Waals surface area contributed by atoms with Crippen LogP contribution in [0.4, 0.5) is 21.0 Å². The number of carbonyl (C=O) groups is 6. The van der Waals surface area contributed by atoms with Crippen LogP contribution in [0, 0.1) is 0 Å². The van der Waals surface area contributed by atoms with E-state index in [9.17, 15) is 28.8 Å². The van der Waals surface area contributed by atoms with Crippen molar-refractivity contribution in [1.29, 1.82) is 0 Å². The van der Waals surface area contributed by atoms with E-state index in [-0.39, 0.29) is 63.3 Å². The quantitative estimate of drug-likeness (QED) is 0.0980. The zero-order valence-corrected chi connectivity index (χ0v) is 32.8. The molecule has 1 aliphatic heterocycles. The SMILES string of the molecule is CCOC(=O)CCN1CC(=O)N(Cc2ccc(NC(=O)CCNC(=O)OC(C)(C)C)cc2)c2ccc(CCCCCCNC(=O)OC(C)(C)C)cc2C1=O. The van der Waals surface area contributed by atoms with Gasteiger partial charge >= 0.3 is 18.2 Å². The first-order valence-electron chi connectivity index (χ1n) is 18.6. The lowest BCUT2D eigenvalue weighted by Gasteiger charge is -2.23. The molecule has 14 nitrogen and oxygen atoms in total. The molecule has 54 heavy (non-hydrogen) atoms. The second-order valence-electron chi connectivity index (χ2n) is 15.1. The zero-order chi connectivity index (χ0) is 39.9. The molecule has 1 aliphatic rings. The van der Waals surface area contributed by atoms with Gasteiger partial charge in [-0.1, -0.05) is 31.0 Å². The van der Waals surface area contributed by atoms with E-state index < -0.39 is 29.4 Å². The molecule has 0 spiro atoms. The summed E-state index contributed by atoms with van der Waals surface area (Å²) in [6.07, 6.45) is 3.25. The highest BCUT2D eigenvalue weighted by Gasteiger charge is 2.32. The van der Waals surface area contributed by atoms with Gasteiger partial charge in [-0.25, -0.2) is 9.59 Å². The minimum Gasteiger partial charge on any atom is -0.466 e. The molecule has 296 valence electrons. The normalized spacial score (nSPS) is 13.1. The van der Waals surface area contributed by atoms with Gasteiger partial charge in [0, 0.05) is 31.7 Å². The number of alkyl carbamates (subject to hydrolysis) is 2. The number of carbonyl (C=O) groups excluding carboxylic acids is 6. The van der Waals surface area contributed by atoms with Gasteiger partial charge in [0.1, 0.15) is 17.7 Å². The lowest BCUT2D eigenvalue weighted by molar-refractivity contribution is -0.143.